The fourth-order valence-electron chi connectivity index (χ4n) is 2.61. The topological polar surface area (TPSA) is 41.6 Å². The summed E-state index contributed by atoms with van der Waals surface area (Å²) in [6.07, 6.45) is -2.84. The Hall–Kier alpha value is -1.57. The summed E-state index contributed by atoms with van der Waals surface area (Å²) in [4.78, 5) is 13.4. The highest BCUT2D eigenvalue weighted by molar-refractivity contribution is 7.99. The summed E-state index contributed by atoms with van der Waals surface area (Å²) in [5.41, 5.74) is 1.74. The Labute approximate surface area is 117 Å². The van der Waals surface area contributed by atoms with Crippen LogP contribution in [0.3, 0.4) is 0 Å². The number of carbonyl (C=O) groups is 1. The average Bonchev–Trinajstić information content (AvgIpc) is 2.76. The van der Waals surface area contributed by atoms with Crippen molar-refractivity contribution < 1.29 is 22.7 Å². The summed E-state index contributed by atoms with van der Waals surface area (Å²) in [6, 6.07) is 2.84. The summed E-state index contributed by atoms with van der Waals surface area (Å²) in [7, 11) is 0. The number of amides is 1. The summed E-state index contributed by atoms with van der Waals surface area (Å²) in [5, 5.41) is 2.73. The SMILES string of the molecule is O=CNC1CCc2cc(OC(F)(F)F)cc3c2N1CS3. The molecule has 2 heterocycles. The van der Waals surface area contributed by atoms with Crippen LogP contribution in [0.5, 0.6) is 5.75 Å². The van der Waals surface area contributed by atoms with E-state index in [9.17, 15) is 18.0 Å². The van der Waals surface area contributed by atoms with Crippen molar-refractivity contribution in [3.05, 3.63) is 17.7 Å². The summed E-state index contributed by atoms with van der Waals surface area (Å²) < 4.78 is 40.9. The Morgan fingerprint density at radius 2 is 2.25 bits per heavy atom. The number of thioether (sulfide) groups is 1. The lowest BCUT2D eigenvalue weighted by Crippen LogP contribution is -2.46. The van der Waals surface area contributed by atoms with Crippen molar-refractivity contribution in [1.29, 1.82) is 0 Å². The van der Waals surface area contributed by atoms with Crippen LogP contribution in [0.4, 0.5) is 18.9 Å². The van der Waals surface area contributed by atoms with Gasteiger partial charge >= 0.3 is 6.36 Å². The van der Waals surface area contributed by atoms with Gasteiger partial charge in [0, 0.05) is 4.90 Å². The van der Waals surface area contributed by atoms with Crippen LogP contribution >= 0.6 is 11.8 Å². The molecule has 0 bridgehead atoms. The number of nitrogens with zero attached hydrogens (tertiary/aromatic N) is 1. The summed E-state index contributed by atoms with van der Waals surface area (Å²) in [6.45, 7) is 0. The van der Waals surface area contributed by atoms with Crippen LogP contribution in [0.25, 0.3) is 0 Å². The molecule has 0 radical (unpaired) electrons. The summed E-state index contributed by atoms with van der Waals surface area (Å²) >= 11 is 1.45. The monoisotopic (exact) mass is 304 g/mol. The van der Waals surface area contributed by atoms with Crippen LogP contribution in [0.2, 0.25) is 0 Å². The molecule has 0 aromatic heterocycles. The lowest BCUT2D eigenvalue weighted by Gasteiger charge is -2.34. The van der Waals surface area contributed by atoms with E-state index in [2.05, 4.69) is 10.1 Å². The van der Waals surface area contributed by atoms with Crippen LogP contribution in [-0.4, -0.2) is 24.8 Å². The minimum Gasteiger partial charge on any atom is -0.406 e. The molecule has 2 aliphatic heterocycles. The third-order valence-corrected chi connectivity index (χ3v) is 4.36. The second-order valence-electron chi connectivity index (χ2n) is 4.56. The van der Waals surface area contributed by atoms with Gasteiger partial charge in [0.05, 0.1) is 11.6 Å². The third kappa shape index (κ3) is 2.39. The molecule has 0 saturated heterocycles. The minimum atomic E-state index is -4.68. The van der Waals surface area contributed by atoms with Crippen molar-refractivity contribution in [3.8, 4) is 5.75 Å². The smallest absolute Gasteiger partial charge is 0.406 e. The molecular formula is C12H11F3N2O2S. The normalized spacial score (nSPS) is 20.6. The Bertz CT molecular complexity index is 550. The highest BCUT2D eigenvalue weighted by Gasteiger charge is 2.36. The van der Waals surface area contributed by atoms with Gasteiger partial charge in [-0.15, -0.1) is 24.9 Å². The van der Waals surface area contributed by atoms with E-state index in [1.165, 1.54) is 23.9 Å². The fraction of sp³-hybridized carbons (Fsp3) is 0.417. The number of anilines is 1. The molecule has 0 spiro atoms. The van der Waals surface area contributed by atoms with Gasteiger partial charge in [0.15, 0.2) is 0 Å². The maximum atomic E-state index is 12.3. The maximum absolute atomic E-state index is 12.3. The first kappa shape index (κ1) is 13.4. The number of halogens is 3. The molecule has 1 aromatic rings. The quantitative estimate of drug-likeness (QED) is 0.871. The average molecular weight is 304 g/mol. The zero-order chi connectivity index (χ0) is 14.3. The largest absolute Gasteiger partial charge is 0.573 e. The van der Waals surface area contributed by atoms with E-state index >= 15 is 0 Å². The molecule has 0 saturated carbocycles. The standard InChI is InChI=1S/C12H11F3N2O2S/c13-12(14,15)19-8-3-7-1-2-10(16-5-18)17-6-20-9(4-8)11(7)17/h3-5,10H,1-2,6H2,(H,16,18). The highest BCUT2D eigenvalue weighted by Crippen LogP contribution is 2.47. The number of alkyl halides is 3. The van der Waals surface area contributed by atoms with E-state index in [4.69, 9.17) is 0 Å². The van der Waals surface area contributed by atoms with Crippen LogP contribution < -0.4 is 15.0 Å². The number of hydrogen-bond donors (Lipinski definition) is 1. The second-order valence-corrected chi connectivity index (χ2v) is 5.55. The predicted octanol–water partition coefficient (Wildman–Crippen LogP) is 2.47. The van der Waals surface area contributed by atoms with Gasteiger partial charge in [-0.25, -0.2) is 0 Å². The van der Waals surface area contributed by atoms with Crippen molar-refractivity contribution in [2.75, 3.05) is 10.8 Å². The Balaban J connectivity index is 1.94. The molecular weight excluding hydrogens is 293 g/mol. The molecule has 1 unspecified atom stereocenters. The van der Waals surface area contributed by atoms with E-state index in [1.54, 1.807) is 0 Å². The van der Waals surface area contributed by atoms with Gasteiger partial charge in [-0.2, -0.15) is 0 Å². The molecule has 2 aliphatic rings. The highest BCUT2D eigenvalue weighted by atomic mass is 32.2. The van der Waals surface area contributed by atoms with Crippen LogP contribution in [0.1, 0.15) is 12.0 Å². The lowest BCUT2D eigenvalue weighted by molar-refractivity contribution is -0.274. The Kier molecular flexibility index (Phi) is 3.19. The molecule has 20 heavy (non-hydrogen) atoms. The van der Waals surface area contributed by atoms with Crippen LogP contribution in [-0.2, 0) is 11.2 Å². The number of ether oxygens (including phenoxy) is 1. The zero-order valence-electron chi connectivity index (χ0n) is 10.2. The molecule has 108 valence electrons. The number of nitrogens with one attached hydrogen (secondary N) is 1. The van der Waals surface area contributed by atoms with Gasteiger partial charge in [0.2, 0.25) is 6.41 Å². The predicted molar refractivity (Wildman–Crippen MR) is 67.6 cm³/mol. The van der Waals surface area contributed by atoms with E-state index in [0.29, 0.717) is 25.1 Å². The van der Waals surface area contributed by atoms with Crippen molar-refractivity contribution in [2.45, 2.75) is 30.3 Å². The molecule has 0 fully saturated rings. The Morgan fingerprint density at radius 3 is 2.95 bits per heavy atom. The van der Waals surface area contributed by atoms with Crippen molar-refractivity contribution >= 4 is 23.9 Å². The molecule has 4 nitrogen and oxygen atoms in total. The van der Waals surface area contributed by atoms with Crippen LogP contribution in [0.15, 0.2) is 17.0 Å². The van der Waals surface area contributed by atoms with Gasteiger partial charge in [-0.3, -0.25) is 4.79 Å². The van der Waals surface area contributed by atoms with Gasteiger partial charge in [-0.05, 0) is 30.5 Å². The number of carbonyl (C=O) groups excluding carboxylic acids is 1. The molecule has 8 heteroatoms. The Morgan fingerprint density at radius 1 is 1.45 bits per heavy atom. The molecule has 1 atom stereocenters. The second kappa shape index (κ2) is 4.76. The van der Waals surface area contributed by atoms with Gasteiger partial charge in [0.25, 0.3) is 0 Å². The fourth-order valence-corrected chi connectivity index (χ4v) is 3.78. The van der Waals surface area contributed by atoms with Gasteiger partial charge in [0.1, 0.15) is 11.9 Å². The lowest BCUT2D eigenvalue weighted by atomic mass is 9.99. The van der Waals surface area contributed by atoms with Crippen molar-refractivity contribution in [2.24, 2.45) is 0 Å². The first-order chi connectivity index (χ1) is 9.48. The zero-order valence-corrected chi connectivity index (χ0v) is 11.1. The molecule has 0 aliphatic carbocycles. The van der Waals surface area contributed by atoms with E-state index in [-0.39, 0.29) is 11.9 Å². The first-order valence-electron chi connectivity index (χ1n) is 6.00. The number of rotatable bonds is 3. The molecule has 1 aromatic carbocycles. The van der Waals surface area contributed by atoms with E-state index in [0.717, 1.165) is 16.1 Å². The number of hydrogen-bond acceptors (Lipinski definition) is 4. The van der Waals surface area contributed by atoms with E-state index < -0.39 is 6.36 Å². The number of aryl methyl sites for hydroxylation is 1. The third-order valence-electron chi connectivity index (χ3n) is 3.33. The molecule has 3 rings (SSSR count). The summed E-state index contributed by atoms with van der Waals surface area (Å²) in [5.74, 6) is 0.436. The molecule has 1 amide bonds. The molecule has 1 N–H and O–H groups in total. The number of benzene rings is 1. The van der Waals surface area contributed by atoms with Gasteiger partial charge < -0.3 is 15.0 Å². The van der Waals surface area contributed by atoms with Crippen molar-refractivity contribution in [3.63, 3.8) is 0 Å². The van der Waals surface area contributed by atoms with Crippen molar-refractivity contribution in [1.82, 2.24) is 5.32 Å². The minimum absolute atomic E-state index is 0.0943. The van der Waals surface area contributed by atoms with Gasteiger partial charge in [-0.1, -0.05) is 0 Å². The van der Waals surface area contributed by atoms with Crippen LogP contribution in [0, 0.1) is 0 Å². The first-order valence-corrected chi connectivity index (χ1v) is 6.98. The maximum Gasteiger partial charge on any atom is 0.573 e. The van der Waals surface area contributed by atoms with E-state index in [1.807, 2.05) is 4.90 Å².